The van der Waals surface area contributed by atoms with Crippen LogP contribution in [0, 0.1) is 5.82 Å². The van der Waals surface area contributed by atoms with Crippen molar-refractivity contribution in [3.63, 3.8) is 0 Å². The maximum absolute atomic E-state index is 14.9. The molecule has 0 unspecified atom stereocenters. The third kappa shape index (κ3) is 8.86. The fourth-order valence-electron chi connectivity index (χ4n) is 16.9. The molecular formula is C76H104FN3S4. The van der Waals surface area contributed by atoms with Gasteiger partial charge in [-0.1, -0.05) is 145 Å². The van der Waals surface area contributed by atoms with E-state index in [0.717, 1.165) is 28.1 Å². The van der Waals surface area contributed by atoms with Crippen molar-refractivity contribution in [2.75, 3.05) is 18.3 Å². The van der Waals surface area contributed by atoms with Crippen LogP contribution in [-0.4, -0.2) is 84.5 Å². The predicted octanol–water partition coefficient (Wildman–Crippen LogP) is 23.4. The van der Waals surface area contributed by atoms with Crippen molar-refractivity contribution >= 4 is 105 Å². The SMILES string of the molecule is CC[SH](C)(c1ccc2c(c1)c1cc(S(C(C)C)(C(C)C)C(C)C)ccc1n2-c1ccc2c(c1)c1cc(-n3c4ccc(S(C)(C(C)C)C(C)C)cc4c4cc(S(C(C)C)(C(C)C)C(C)C)ccc43)ccc1n2-c1ccc(F)cc1)(C(C)C)C(C)C. The normalized spacial score (nSPS) is 14.7. The summed E-state index contributed by atoms with van der Waals surface area (Å²) in [6, 6.07) is 51.7. The quantitative estimate of drug-likeness (QED) is 0.0824. The van der Waals surface area contributed by atoms with Crippen molar-refractivity contribution in [2.45, 2.75) is 217 Å². The molecule has 0 atom stereocenters. The molecule has 0 spiro atoms. The van der Waals surface area contributed by atoms with E-state index in [4.69, 9.17) is 0 Å². The van der Waals surface area contributed by atoms with E-state index in [9.17, 15) is 4.39 Å². The second-order valence-electron chi connectivity index (χ2n) is 28.1. The molecule has 0 fully saturated rings. The van der Waals surface area contributed by atoms with E-state index in [0.29, 0.717) is 52.5 Å². The van der Waals surface area contributed by atoms with Crippen LogP contribution in [0.25, 0.3) is 82.5 Å². The lowest BCUT2D eigenvalue weighted by Gasteiger charge is -2.65. The van der Waals surface area contributed by atoms with Gasteiger partial charge in [-0.05, 0) is 224 Å². The highest BCUT2D eigenvalue weighted by Gasteiger charge is 2.44. The average Bonchev–Trinajstić information content (AvgIpc) is 2.75. The van der Waals surface area contributed by atoms with Crippen LogP contribution in [-0.2, 0) is 0 Å². The topological polar surface area (TPSA) is 14.8 Å². The molecule has 0 N–H and O–H groups in total. The van der Waals surface area contributed by atoms with E-state index in [1.165, 1.54) is 74.8 Å². The zero-order chi connectivity index (χ0) is 61.3. The van der Waals surface area contributed by atoms with Gasteiger partial charge in [0.1, 0.15) is 5.82 Å². The van der Waals surface area contributed by atoms with Gasteiger partial charge in [0.15, 0.2) is 0 Å². The van der Waals surface area contributed by atoms with Crippen molar-refractivity contribution in [2.24, 2.45) is 0 Å². The standard InChI is InChI=1S/C76H104FN3S4/c1-24-84(23,55(18)19,56(20)21)64-34-40-76-70(46-64)69-45-63(83(52(12)13,53(14)15)54(16)17)33-39-75(69)80(76)60-30-36-72-66(42-60)65-41-59(29-35-71(65)78(72)58-27-25-57(77)26-28-58)79-73-37-31-61(81(22,47(2)3)48(4)5)43-67(73)68-44-62(32-38-74(68)79)82(49(6)7,50(8)9)51(10)11/h25-56,84H,24H2,1-23H3. The number of benzene rings is 7. The minimum absolute atomic E-state index is 0.235. The molecule has 0 radical (unpaired) electrons. The van der Waals surface area contributed by atoms with Gasteiger partial charge < -0.3 is 13.7 Å². The largest absolute Gasteiger partial charge is 0.309 e. The molecule has 0 aliphatic rings. The van der Waals surface area contributed by atoms with Gasteiger partial charge in [0.2, 0.25) is 0 Å². The van der Waals surface area contributed by atoms with Gasteiger partial charge in [0.25, 0.3) is 0 Å². The first-order valence-corrected chi connectivity index (χ1v) is 40.7. The third-order valence-corrected chi connectivity index (χ3v) is 48.1. The summed E-state index contributed by atoms with van der Waals surface area (Å²) in [6.45, 7) is 51.8. The number of hydrogen-bond donors (Lipinski definition) is 1. The van der Waals surface area contributed by atoms with Crippen LogP contribution in [0.5, 0.6) is 0 Å². The lowest BCUT2D eigenvalue weighted by atomic mass is 10.1. The fourth-order valence-corrected chi connectivity index (χ4v) is 36.0. The molecule has 0 amide bonds. The molecule has 3 heterocycles. The van der Waals surface area contributed by atoms with Gasteiger partial charge in [-0.15, -0.1) is 0 Å². The van der Waals surface area contributed by atoms with Crippen LogP contribution < -0.4 is 0 Å². The molecule has 7 aromatic carbocycles. The summed E-state index contributed by atoms with van der Waals surface area (Å²) >= 11 is 0. The Balaban J connectivity index is 1.30. The molecule has 10 aromatic rings. The van der Waals surface area contributed by atoms with Crippen LogP contribution in [0.2, 0.25) is 0 Å². The molecule has 0 aliphatic carbocycles. The Labute approximate surface area is 511 Å². The van der Waals surface area contributed by atoms with Crippen LogP contribution >= 0.6 is 39.2 Å². The van der Waals surface area contributed by atoms with Crippen molar-refractivity contribution < 1.29 is 4.39 Å². The second-order valence-corrected chi connectivity index (χ2v) is 49.4. The monoisotopic (exact) mass is 1210 g/mol. The number of fused-ring (bicyclic) bond motifs is 9. The van der Waals surface area contributed by atoms with E-state index in [1.807, 2.05) is 12.1 Å². The van der Waals surface area contributed by atoms with Gasteiger partial charge in [-0.3, -0.25) is 9.16 Å². The van der Waals surface area contributed by atoms with E-state index in [-0.39, 0.29) is 5.82 Å². The summed E-state index contributed by atoms with van der Waals surface area (Å²) in [6.07, 6.45) is 5.24. The van der Waals surface area contributed by atoms with E-state index in [1.54, 1.807) is 17.0 Å². The van der Waals surface area contributed by atoms with Crippen molar-refractivity contribution in [1.29, 1.82) is 0 Å². The highest BCUT2D eigenvalue weighted by Crippen LogP contribution is 2.79. The summed E-state index contributed by atoms with van der Waals surface area (Å²) in [4.78, 5) is 6.09. The maximum atomic E-state index is 14.9. The Morgan fingerprint density at radius 1 is 0.345 bits per heavy atom. The number of hydrogen-bond acceptors (Lipinski definition) is 0. The molecule has 0 bridgehead atoms. The molecule has 10 rings (SSSR count). The Morgan fingerprint density at radius 2 is 0.631 bits per heavy atom. The fraction of sp³-hybridized carbons (Fsp3) is 0.447. The first-order chi connectivity index (χ1) is 39.5. The molecule has 454 valence electrons. The van der Waals surface area contributed by atoms with Crippen LogP contribution in [0.1, 0.15) is 145 Å². The van der Waals surface area contributed by atoms with Gasteiger partial charge in [-0.25, -0.2) is 34.5 Å². The molecule has 0 saturated carbocycles. The highest BCUT2D eigenvalue weighted by molar-refractivity contribution is 8.49. The van der Waals surface area contributed by atoms with Crippen LogP contribution in [0.4, 0.5) is 4.39 Å². The Morgan fingerprint density at radius 3 is 0.964 bits per heavy atom. The number of aromatic nitrogens is 3. The van der Waals surface area contributed by atoms with Gasteiger partial charge >= 0.3 is 0 Å². The zero-order valence-corrected chi connectivity index (χ0v) is 58.9. The van der Waals surface area contributed by atoms with E-state index >= 15 is 0 Å². The Bertz CT molecular complexity index is 4060. The molecule has 0 aliphatic heterocycles. The summed E-state index contributed by atoms with van der Waals surface area (Å²) < 4.78 is 22.3. The summed E-state index contributed by atoms with van der Waals surface area (Å²) in [5, 5.41) is 13.1. The highest BCUT2D eigenvalue weighted by atomic mass is 32.3. The Hall–Kier alpha value is -4.73. The molecule has 8 heteroatoms. The van der Waals surface area contributed by atoms with Gasteiger partial charge in [0, 0.05) is 49.4 Å². The smallest absolute Gasteiger partial charge is 0.123 e. The van der Waals surface area contributed by atoms with Crippen molar-refractivity contribution in [3.05, 3.63) is 139 Å². The zero-order valence-electron chi connectivity index (χ0n) is 55.6. The third-order valence-electron chi connectivity index (χ3n) is 22.2. The number of thiol groups is 1. The summed E-state index contributed by atoms with van der Waals surface area (Å²) in [7, 11) is -6.00. The van der Waals surface area contributed by atoms with Crippen molar-refractivity contribution in [1.82, 2.24) is 13.7 Å². The predicted molar refractivity (Wildman–Crippen MR) is 388 cm³/mol. The first kappa shape index (κ1) is 62.3. The van der Waals surface area contributed by atoms with Crippen LogP contribution in [0.15, 0.2) is 153 Å². The molecule has 84 heavy (non-hydrogen) atoms. The van der Waals surface area contributed by atoms with Crippen molar-refractivity contribution in [3.8, 4) is 17.1 Å². The minimum atomic E-state index is -2.43. The molecule has 0 saturated heterocycles. The maximum Gasteiger partial charge on any atom is 0.123 e. The van der Waals surface area contributed by atoms with E-state index < -0.39 is 39.2 Å². The van der Waals surface area contributed by atoms with Crippen LogP contribution in [0.3, 0.4) is 0 Å². The summed E-state index contributed by atoms with van der Waals surface area (Å²) in [5.74, 6) is 0.943. The number of nitrogens with zero attached hydrogens (tertiary/aromatic N) is 3. The lowest BCUT2D eigenvalue weighted by molar-refractivity contribution is 0.627. The molecule has 3 aromatic heterocycles. The van der Waals surface area contributed by atoms with E-state index in [2.05, 4.69) is 281 Å². The lowest BCUT2D eigenvalue weighted by Crippen LogP contribution is -2.36. The average molecular weight is 1210 g/mol. The Kier molecular flexibility index (Phi) is 16.4. The minimum Gasteiger partial charge on any atom is -0.309 e. The molecule has 3 nitrogen and oxygen atoms in total. The first-order valence-electron chi connectivity index (χ1n) is 31.9. The van der Waals surface area contributed by atoms with Gasteiger partial charge in [-0.2, -0.15) is 0 Å². The summed E-state index contributed by atoms with van der Waals surface area (Å²) in [5.41, 5.74) is 10.4. The molecular weight excluding hydrogens is 1100 g/mol. The second kappa shape index (κ2) is 22.1. The van der Waals surface area contributed by atoms with Gasteiger partial charge in [0.05, 0.1) is 33.1 Å². The number of halogens is 1. The number of rotatable bonds is 18.